The van der Waals surface area contributed by atoms with E-state index in [2.05, 4.69) is 4.74 Å². The van der Waals surface area contributed by atoms with E-state index in [1.54, 1.807) is 38.1 Å². The van der Waals surface area contributed by atoms with Crippen molar-refractivity contribution in [1.29, 1.82) is 0 Å². The number of ether oxygens (including phenoxy) is 2. The first-order chi connectivity index (χ1) is 18.1. The third-order valence-electron chi connectivity index (χ3n) is 6.60. The summed E-state index contributed by atoms with van der Waals surface area (Å²) in [6.07, 6.45) is 0. The van der Waals surface area contributed by atoms with Crippen LogP contribution in [0.15, 0.2) is 90.5 Å². The Kier molecular flexibility index (Phi) is 6.94. The van der Waals surface area contributed by atoms with E-state index in [0.29, 0.717) is 17.9 Å². The highest BCUT2D eigenvalue weighted by atomic mass is 19.4. The third-order valence-corrected chi connectivity index (χ3v) is 6.60. The maximum absolute atomic E-state index is 14.9. The van der Waals surface area contributed by atoms with E-state index in [1.807, 2.05) is 30.3 Å². The Hall–Kier alpha value is -3.63. The van der Waals surface area contributed by atoms with Gasteiger partial charge in [0, 0.05) is 5.41 Å². The van der Waals surface area contributed by atoms with Crippen molar-refractivity contribution in [3.05, 3.63) is 107 Å². The molecule has 1 atom stereocenters. The Morgan fingerprint density at radius 1 is 0.615 bits per heavy atom. The summed E-state index contributed by atoms with van der Waals surface area (Å²) in [4.78, 5) is 0. The maximum atomic E-state index is 14.9. The Balaban J connectivity index is 1.54. The molecule has 208 valence electrons. The number of hydrogen-bond donors (Lipinski definition) is 0. The van der Waals surface area contributed by atoms with E-state index in [1.165, 1.54) is 12.1 Å². The molecule has 0 saturated carbocycles. The minimum Gasteiger partial charge on any atom is -0.489 e. The summed E-state index contributed by atoms with van der Waals surface area (Å²) in [7, 11) is 0. The molecular weight excluding hydrogens is 539 g/mol. The van der Waals surface area contributed by atoms with Gasteiger partial charge >= 0.3 is 23.6 Å². The monoisotopic (exact) mass is 560 g/mol. The lowest BCUT2D eigenvalue weighted by atomic mass is 9.78. The predicted molar refractivity (Wildman–Crippen MR) is 124 cm³/mol. The fraction of sp³-hybridized carbons (Fsp3) is 0.286. The van der Waals surface area contributed by atoms with Gasteiger partial charge in [-0.25, -0.2) is 8.78 Å². The number of alkyl halides is 7. The van der Waals surface area contributed by atoms with E-state index in [0.717, 1.165) is 23.3 Å². The van der Waals surface area contributed by atoms with E-state index in [4.69, 9.17) is 4.74 Å². The van der Waals surface area contributed by atoms with Gasteiger partial charge in [-0.1, -0.05) is 68.4 Å². The zero-order valence-corrected chi connectivity index (χ0v) is 20.4. The van der Waals surface area contributed by atoms with Crippen LogP contribution in [0.2, 0.25) is 0 Å². The fourth-order valence-electron chi connectivity index (χ4n) is 4.04. The second kappa shape index (κ2) is 9.53. The SMILES string of the molecule is CC(C)(c1ccc(OCc2ccccc2)cc1)c1ccc(OC2(F)C(F)=C(F)C(F)(F)C(F)(F)C2(F)F)cc1. The first-order valence-electron chi connectivity index (χ1n) is 11.5. The van der Waals surface area contributed by atoms with Gasteiger partial charge in [0.1, 0.15) is 18.1 Å². The highest BCUT2D eigenvalue weighted by Gasteiger charge is 2.88. The van der Waals surface area contributed by atoms with E-state index < -0.39 is 46.4 Å². The predicted octanol–water partition coefficient (Wildman–Crippen LogP) is 8.71. The quantitative estimate of drug-likeness (QED) is 0.269. The molecule has 1 unspecified atom stereocenters. The topological polar surface area (TPSA) is 18.5 Å². The largest absolute Gasteiger partial charge is 0.489 e. The van der Waals surface area contributed by atoms with Crippen molar-refractivity contribution in [3.8, 4) is 11.5 Å². The van der Waals surface area contributed by atoms with Crippen LogP contribution in [0.3, 0.4) is 0 Å². The minimum atomic E-state index is -6.62. The first kappa shape index (κ1) is 28.4. The van der Waals surface area contributed by atoms with Crippen molar-refractivity contribution in [3.63, 3.8) is 0 Å². The van der Waals surface area contributed by atoms with Gasteiger partial charge in [-0.15, -0.1) is 0 Å². The molecule has 0 spiro atoms. The van der Waals surface area contributed by atoms with Crippen LogP contribution in [-0.2, 0) is 12.0 Å². The Morgan fingerprint density at radius 3 is 1.62 bits per heavy atom. The number of allylic oxidation sites excluding steroid dienone is 1. The minimum absolute atomic E-state index is 0.351. The van der Waals surface area contributed by atoms with Crippen LogP contribution in [0.25, 0.3) is 0 Å². The second-order valence-electron chi connectivity index (χ2n) is 9.50. The van der Waals surface area contributed by atoms with Crippen molar-refractivity contribution in [2.75, 3.05) is 0 Å². The maximum Gasteiger partial charge on any atom is 0.391 e. The van der Waals surface area contributed by atoms with Crippen LogP contribution < -0.4 is 9.47 Å². The molecule has 0 amide bonds. The van der Waals surface area contributed by atoms with Gasteiger partial charge in [0.25, 0.3) is 0 Å². The summed E-state index contributed by atoms with van der Waals surface area (Å²) < 4.78 is 135. The molecule has 0 saturated heterocycles. The normalized spacial score (nSPS) is 21.9. The summed E-state index contributed by atoms with van der Waals surface area (Å²) in [6.45, 7) is 3.92. The molecule has 0 aliphatic heterocycles. The van der Waals surface area contributed by atoms with Gasteiger partial charge in [-0.2, -0.15) is 30.7 Å². The molecule has 0 fully saturated rings. The zero-order chi connectivity index (χ0) is 28.9. The first-order valence-corrected chi connectivity index (χ1v) is 11.5. The lowest BCUT2D eigenvalue weighted by molar-refractivity contribution is -0.376. The fourth-order valence-corrected chi connectivity index (χ4v) is 4.04. The van der Waals surface area contributed by atoms with Crippen LogP contribution in [0, 0.1) is 0 Å². The van der Waals surface area contributed by atoms with Crippen molar-refractivity contribution < 1.29 is 49.0 Å². The number of hydrogen-bond acceptors (Lipinski definition) is 2. The molecule has 11 heteroatoms. The van der Waals surface area contributed by atoms with Crippen molar-refractivity contribution in [2.24, 2.45) is 0 Å². The van der Waals surface area contributed by atoms with Crippen LogP contribution in [0.1, 0.15) is 30.5 Å². The number of halogens is 9. The lowest BCUT2D eigenvalue weighted by Crippen LogP contribution is -2.69. The van der Waals surface area contributed by atoms with Crippen molar-refractivity contribution in [2.45, 2.75) is 49.5 Å². The van der Waals surface area contributed by atoms with Gasteiger partial charge in [-0.05, 0) is 41.0 Å². The van der Waals surface area contributed by atoms with Gasteiger partial charge < -0.3 is 9.47 Å². The van der Waals surface area contributed by atoms with Crippen molar-refractivity contribution >= 4 is 0 Å². The van der Waals surface area contributed by atoms with Gasteiger partial charge in [0.2, 0.25) is 11.7 Å². The molecule has 0 radical (unpaired) electrons. The van der Waals surface area contributed by atoms with Crippen LogP contribution in [0.5, 0.6) is 11.5 Å². The van der Waals surface area contributed by atoms with Crippen molar-refractivity contribution in [1.82, 2.24) is 0 Å². The Morgan fingerprint density at radius 2 is 1.10 bits per heavy atom. The van der Waals surface area contributed by atoms with Crippen LogP contribution in [-0.4, -0.2) is 23.6 Å². The summed E-state index contributed by atoms with van der Waals surface area (Å²) in [5.41, 5.74) is 1.50. The number of benzene rings is 3. The molecule has 3 aromatic rings. The summed E-state index contributed by atoms with van der Waals surface area (Å²) in [6, 6.07) is 20.7. The average Bonchev–Trinajstić information content (AvgIpc) is 2.91. The Bertz CT molecular complexity index is 1350. The summed E-state index contributed by atoms with van der Waals surface area (Å²) in [5.74, 6) is -32.3. The third kappa shape index (κ3) is 4.51. The van der Waals surface area contributed by atoms with Crippen LogP contribution in [0.4, 0.5) is 39.5 Å². The smallest absolute Gasteiger partial charge is 0.391 e. The molecule has 0 heterocycles. The second-order valence-corrected chi connectivity index (χ2v) is 9.50. The molecule has 1 aliphatic carbocycles. The van der Waals surface area contributed by atoms with Gasteiger partial charge in [0.15, 0.2) is 0 Å². The van der Waals surface area contributed by atoms with Crippen LogP contribution >= 0.6 is 0 Å². The molecule has 39 heavy (non-hydrogen) atoms. The highest BCUT2D eigenvalue weighted by Crippen LogP contribution is 2.62. The molecule has 0 bridgehead atoms. The Labute approximate surface area is 217 Å². The standard InChI is InChI=1S/C28H21F9O2/c1-24(2,18-8-12-20(13-9-18)38-16-17-6-4-3-5-7-17)19-10-14-21(15-11-19)39-26(33)23(30)22(29)25(31,32)27(34,35)28(26,36)37/h3-15H,16H2,1-2H3. The average molecular weight is 560 g/mol. The van der Waals surface area contributed by atoms with Gasteiger partial charge in [0.05, 0.1) is 0 Å². The van der Waals surface area contributed by atoms with E-state index in [-0.39, 0.29) is 0 Å². The lowest BCUT2D eigenvalue weighted by Gasteiger charge is -2.42. The molecule has 0 aromatic heterocycles. The molecule has 1 aliphatic rings. The summed E-state index contributed by atoms with van der Waals surface area (Å²) >= 11 is 0. The highest BCUT2D eigenvalue weighted by molar-refractivity contribution is 5.43. The number of rotatable bonds is 7. The van der Waals surface area contributed by atoms with E-state index >= 15 is 0 Å². The zero-order valence-electron chi connectivity index (χ0n) is 20.4. The molecule has 0 N–H and O–H groups in total. The summed E-state index contributed by atoms with van der Waals surface area (Å²) in [5, 5.41) is 0. The molecular formula is C28H21F9O2. The molecule has 4 rings (SSSR count). The van der Waals surface area contributed by atoms with E-state index in [9.17, 15) is 39.5 Å². The molecule has 3 aromatic carbocycles. The van der Waals surface area contributed by atoms with Gasteiger partial charge in [-0.3, -0.25) is 0 Å². The molecule has 2 nitrogen and oxygen atoms in total.